The number of quaternary nitrogens is 1. The number of carbonyl (C=O) groups excluding carboxylic acids is 2. The van der Waals surface area contributed by atoms with Crippen LogP contribution in [0.4, 0.5) is 5.69 Å². The van der Waals surface area contributed by atoms with Crippen molar-refractivity contribution in [3.05, 3.63) is 53.6 Å². The molecule has 2 fully saturated rings. The normalized spacial score (nSPS) is 21.7. The van der Waals surface area contributed by atoms with Crippen molar-refractivity contribution in [3.63, 3.8) is 0 Å². The standard InChI is InChI=1S/C34H46N4O6/c1-5-6-16-37(26-10-7-9-24(18-26)22-38(2,3)4)32(40)21-36-20-27(25-12-13-29-30(19-25)44-23-43-29)33(34(41)42)28(36)14-17-35-15-8-11-31(35)39/h7,9-10,12-13,18-19,27-28,33H,5-6,8,11,14-17,20-23H2,1-4H3/p+1/t27-,28+,33?/m1/s1. The highest BCUT2D eigenvalue weighted by Crippen LogP contribution is 2.43. The fourth-order valence-corrected chi connectivity index (χ4v) is 6.91. The van der Waals surface area contributed by atoms with Crippen molar-refractivity contribution in [3.8, 4) is 11.5 Å². The molecule has 1 N–H and O–H groups in total. The van der Waals surface area contributed by atoms with Gasteiger partial charge in [0.25, 0.3) is 0 Å². The van der Waals surface area contributed by atoms with Crippen LogP contribution >= 0.6 is 0 Å². The smallest absolute Gasteiger partial charge is 0.308 e. The second-order valence-corrected chi connectivity index (χ2v) is 13.4. The summed E-state index contributed by atoms with van der Waals surface area (Å²) in [6.45, 7) is 5.39. The van der Waals surface area contributed by atoms with Crippen LogP contribution in [-0.4, -0.2) is 104 Å². The molecule has 3 heterocycles. The van der Waals surface area contributed by atoms with E-state index in [1.807, 2.05) is 45.0 Å². The quantitative estimate of drug-likeness (QED) is 0.345. The Morgan fingerprint density at radius 1 is 1.09 bits per heavy atom. The van der Waals surface area contributed by atoms with Gasteiger partial charge in [-0.05, 0) is 49.1 Å². The average Bonchev–Trinajstić information content (AvgIpc) is 3.69. The van der Waals surface area contributed by atoms with Gasteiger partial charge in [-0.15, -0.1) is 0 Å². The first-order valence-corrected chi connectivity index (χ1v) is 15.9. The summed E-state index contributed by atoms with van der Waals surface area (Å²) in [5.41, 5.74) is 2.89. The van der Waals surface area contributed by atoms with E-state index in [-0.39, 0.29) is 31.1 Å². The Bertz CT molecular complexity index is 1360. The predicted octanol–water partition coefficient (Wildman–Crippen LogP) is 3.94. The van der Waals surface area contributed by atoms with E-state index in [0.717, 1.165) is 47.1 Å². The lowest BCUT2D eigenvalue weighted by Gasteiger charge is -2.31. The number of unbranched alkanes of at least 4 members (excludes halogenated alkanes) is 1. The van der Waals surface area contributed by atoms with Gasteiger partial charge in [0.05, 0.1) is 33.6 Å². The third kappa shape index (κ3) is 7.35. The van der Waals surface area contributed by atoms with Crippen molar-refractivity contribution < 1.29 is 33.4 Å². The van der Waals surface area contributed by atoms with E-state index in [4.69, 9.17) is 9.47 Å². The van der Waals surface area contributed by atoms with E-state index in [2.05, 4.69) is 40.2 Å². The van der Waals surface area contributed by atoms with Gasteiger partial charge in [-0.1, -0.05) is 31.5 Å². The molecule has 0 spiro atoms. The van der Waals surface area contributed by atoms with Crippen LogP contribution in [0.5, 0.6) is 11.5 Å². The second-order valence-electron chi connectivity index (χ2n) is 13.4. The van der Waals surface area contributed by atoms with Crippen LogP contribution in [0.1, 0.15) is 56.1 Å². The van der Waals surface area contributed by atoms with Gasteiger partial charge in [0.2, 0.25) is 18.6 Å². The Balaban J connectivity index is 1.42. The van der Waals surface area contributed by atoms with E-state index in [1.165, 1.54) is 0 Å². The maximum Gasteiger partial charge on any atom is 0.308 e. The molecule has 3 aliphatic rings. The Morgan fingerprint density at radius 2 is 1.89 bits per heavy atom. The van der Waals surface area contributed by atoms with E-state index in [1.54, 1.807) is 0 Å². The van der Waals surface area contributed by atoms with Crippen molar-refractivity contribution >= 4 is 23.5 Å². The molecule has 2 aromatic rings. The van der Waals surface area contributed by atoms with Crippen LogP contribution in [0.25, 0.3) is 0 Å². The molecule has 3 aliphatic heterocycles. The van der Waals surface area contributed by atoms with Gasteiger partial charge < -0.3 is 28.9 Å². The lowest BCUT2D eigenvalue weighted by atomic mass is 9.84. The largest absolute Gasteiger partial charge is 0.481 e. The molecule has 5 rings (SSSR count). The highest BCUT2D eigenvalue weighted by Gasteiger charge is 2.47. The number of carbonyl (C=O) groups is 3. The molecular formula is C34H47N4O6+. The van der Waals surface area contributed by atoms with Gasteiger partial charge in [-0.2, -0.15) is 0 Å². The number of carboxylic acid groups (broad SMARTS) is 1. The SMILES string of the molecule is CCCCN(C(=O)CN1C[C@H](c2ccc3c(c2)OCO3)C(C(=O)O)[C@@H]1CCN1CCCC1=O)c1cccc(C[N+](C)(C)C)c1. The number of rotatable bonds is 13. The number of fused-ring (bicyclic) bond motifs is 1. The number of aliphatic carboxylic acids is 1. The number of nitrogens with zero attached hydrogens (tertiary/aromatic N) is 4. The summed E-state index contributed by atoms with van der Waals surface area (Å²) in [4.78, 5) is 45.2. The van der Waals surface area contributed by atoms with E-state index in [9.17, 15) is 19.5 Å². The first-order chi connectivity index (χ1) is 21.0. The molecule has 2 aromatic carbocycles. The van der Waals surface area contributed by atoms with Crippen LogP contribution in [-0.2, 0) is 20.9 Å². The number of hydrogen-bond donors (Lipinski definition) is 1. The van der Waals surface area contributed by atoms with Crippen molar-refractivity contribution in [1.29, 1.82) is 0 Å². The molecule has 2 amide bonds. The monoisotopic (exact) mass is 607 g/mol. The maximum absolute atomic E-state index is 14.2. The first-order valence-electron chi connectivity index (χ1n) is 15.9. The molecule has 238 valence electrons. The first kappa shape index (κ1) is 31.8. The summed E-state index contributed by atoms with van der Waals surface area (Å²) in [6.07, 6.45) is 3.67. The van der Waals surface area contributed by atoms with Crippen LogP contribution < -0.4 is 14.4 Å². The molecule has 0 aromatic heterocycles. The summed E-state index contributed by atoms with van der Waals surface area (Å²) >= 11 is 0. The number of anilines is 1. The Labute approximate surface area is 260 Å². The highest BCUT2D eigenvalue weighted by molar-refractivity contribution is 5.95. The van der Waals surface area contributed by atoms with E-state index >= 15 is 0 Å². The van der Waals surface area contributed by atoms with Gasteiger partial charge in [0.1, 0.15) is 6.54 Å². The lowest BCUT2D eigenvalue weighted by Crippen LogP contribution is -2.45. The van der Waals surface area contributed by atoms with Gasteiger partial charge in [-0.3, -0.25) is 19.3 Å². The average molecular weight is 608 g/mol. The van der Waals surface area contributed by atoms with Crippen molar-refractivity contribution in [1.82, 2.24) is 9.80 Å². The fraction of sp³-hybridized carbons (Fsp3) is 0.559. The maximum atomic E-state index is 14.2. The van der Waals surface area contributed by atoms with Gasteiger partial charge >= 0.3 is 5.97 Å². The number of likely N-dealkylation sites (tertiary alicyclic amines) is 2. The summed E-state index contributed by atoms with van der Waals surface area (Å²) in [5.74, 6) is -0.642. The fourth-order valence-electron chi connectivity index (χ4n) is 6.91. The lowest BCUT2D eigenvalue weighted by molar-refractivity contribution is -0.884. The van der Waals surface area contributed by atoms with Crippen LogP contribution in [0.3, 0.4) is 0 Å². The molecule has 0 aliphatic carbocycles. The van der Waals surface area contributed by atoms with Crippen LogP contribution in [0.2, 0.25) is 0 Å². The zero-order valence-corrected chi connectivity index (χ0v) is 26.5. The molecule has 44 heavy (non-hydrogen) atoms. The number of amides is 2. The molecule has 10 nitrogen and oxygen atoms in total. The molecule has 0 saturated carbocycles. The topological polar surface area (TPSA) is 99.6 Å². The molecular weight excluding hydrogens is 560 g/mol. The second kappa shape index (κ2) is 13.6. The molecule has 1 unspecified atom stereocenters. The van der Waals surface area contributed by atoms with Crippen LogP contribution in [0.15, 0.2) is 42.5 Å². The van der Waals surface area contributed by atoms with Crippen molar-refractivity contribution in [2.75, 3.05) is 65.6 Å². The highest BCUT2D eigenvalue weighted by atomic mass is 16.7. The number of carboxylic acids is 1. The molecule has 3 atom stereocenters. The zero-order valence-electron chi connectivity index (χ0n) is 26.5. The molecule has 2 saturated heterocycles. The van der Waals surface area contributed by atoms with Crippen LogP contribution in [0, 0.1) is 5.92 Å². The van der Waals surface area contributed by atoms with Gasteiger partial charge in [0, 0.05) is 55.8 Å². The Hall–Kier alpha value is -3.63. The Morgan fingerprint density at radius 3 is 2.59 bits per heavy atom. The molecule has 0 radical (unpaired) electrons. The Kier molecular flexibility index (Phi) is 9.80. The van der Waals surface area contributed by atoms with Crippen molar-refractivity contribution in [2.24, 2.45) is 5.92 Å². The van der Waals surface area contributed by atoms with Gasteiger partial charge in [-0.25, -0.2) is 0 Å². The number of hydrogen-bond acceptors (Lipinski definition) is 6. The number of ether oxygens (including phenoxy) is 2. The van der Waals surface area contributed by atoms with E-state index in [0.29, 0.717) is 50.5 Å². The van der Waals surface area contributed by atoms with Crippen molar-refractivity contribution in [2.45, 2.75) is 57.5 Å². The summed E-state index contributed by atoms with van der Waals surface area (Å²) in [7, 11) is 6.43. The molecule has 10 heteroatoms. The zero-order chi connectivity index (χ0) is 31.4. The summed E-state index contributed by atoms with van der Waals surface area (Å²) in [6, 6.07) is 13.4. The molecule has 0 bridgehead atoms. The van der Waals surface area contributed by atoms with Gasteiger partial charge in [0.15, 0.2) is 11.5 Å². The summed E-state index contributed by atoms with van der Waals surface area (Å²) < 4.78 is 11.9. The van der Waals surface area contributed by atoms with E-state index < -0.39 is 17.9 Å². The predicted molar refractivity (Wildman–Crippen MR) is 168 cm³/mol. The third-order valence-corrected chi connectivity index (χ3v) is 8.98. The minimum absolute atomic E-state index is 0.0430. The number of benzene rings is 2. The summed E-state index contributed by atoms with van der Waals surface area (Å²) in [5, 5.41) is 10.6. The minimum Gasteiger partial charge on any atom is -0.481 e. The third-order valence-electron chi connectivity index (χ3n) is 8.98. The minimum atomic E-state index is -0.892.